The molecular weight excluding hydrogens is 442 g/mol. The number of para-hydroxylation sites is 1. The van der Waals surface area contributed by atoms with Crippen LogP contribution in [0.3, 0.4) is 0 Å². The average Bonchev–Trinajstić information content (AvgIpc) is 3.33. The van der Waals surface area contributed by atoms with Crippen LogP contribution in [0.4, 0.5) is 5.69 Å². The molecule has 2 amide bonds. The summed E-state index contributed by atoms with van der Waals surface area (Å²) in [5, 5.41) is 4.48. The number of rotatable bonds is 8. The van der Waals surface area contributed by atoms with E-state index in [1.54, 1.807) is 11.4 Å². The molecule has 166 valence electrons. The number of nitrogens with zero attached hydrogens (tertiary/aromatic N) is 1. The van der Waals surface area contributed by atoms with E-state index in [0.717, 1.165) is 17.0 Å². The van der Waals surface area contributed by atoms with Crippen molar-refractivity contribution in [3.05, 3.63) is 47.8 Å². The molecule has 9 nitrogen and oxygen atoms in total. The van der Waals surface area contributed by atoms with Crippen molar-refractivity contribution in [3.8, 4) is 0 Å². The number of piperidine rings is 1. The predicted molar refractivity (Wildman–Crippen MR) is 115 cm³/mol. The maximum absolute atomic E-state index is 12.4. The van der Waals surface area contributed by atoms with Gasteiger partial charge in [0.1, 0.15) is 10.8 Å². The molecule has 11 heteroatoms. The van der Waals surface area contributed by atoms with Crippen molar-refractivity contribution >= 4 is 44.8 Å². The predicted octanol–water partition coefficient (Wildman–Crippen LogP) is 1.45. The number of benzene rings is 1. The van der Waals surface area contributed by atoms with Gasteiger partial charge in [-0.3, -0.25) is 14.4 Å². The Morgan fingerprint density at radius 2 is 1.77 bits per heavy atom. The van der Waals surface area contributed by atoms with Gasteiger partial charge in [0.05, 0.1) is 0 Å². The molecule has 0 spiro atoms. The highest BCUT2D eigenvalue weighted by Crippen LogP contribution is 2.20. The van der Waals surface area contributed by atoms with Gasteiger partial charge in [-0.05, 0) is 36.4 Å². The van der Waals surface area contributed by atoms with Crippen LogP contribution < -0.4 is 10.0 Å². The Hall–Kier alpha value is -2.76. The summed E-state index contributed by atoms with van der Waals surface area (Å²) in [7, 11) is -3.77. The summed E-state index contributed by atoms with van der Waals surface area (Å²) in [5.41, 5.74) is 0.729. The van der Waals surface area contributed by atoms with E-state index in [2.05, 4.69) is 10.0 Å². The largest absolute Gasteiger partial charge is 0.455 e. The van der Waals surface area contributed by atoms with Gasteiger partial charge in [-0.1, -0.05) is 24.3 Å². The van der Waals surface area contributed by atoms with Crippen LogP contribution in [0.2, 0.25) is 0 Å². The summed E-state index contributed by atoms with van der Waals surface area (Å²) in [6.07, 6.45) is 1.03. The molecule has 0 radical (unpaired) electrons. The number of likely N-dealkylation sites (tertiary alicyclic amines) is 1. The molecule has 0 bridgehead atoms. The van der Waals surface area contributed by atoms with Crippen LogP contribution in [0.1, 0.15) is 12.8 Å². The van der Waals surface area contributed by atoms with E-state index in [0.29, 0.717) is 25.9 Å². The van der Waals surface area contributed by atoms with Gasteiger partial charge >= 0.3 is 5.97 Å². The van der Waals surface area contributed by atoms with E-state index < -0.39 is 29.1 Å². The first kappa shape index (κ1) is 22.9. The fourth-order valence-electron chi connectivity index (χ4n) is 3.08. The van der Waals surface area contributed by atoms with Crippen molar-refractivity contribution in [2.24, 2.45) is 5.92 Å². The Balaban J connectivity index is 1.37. The number of ether oxygens (including phenoxy) is 1. The Bertz CT molecular complexity index is 1000. The third-order valence-electron chi connectivity index (χ3n) is 4.78. The van der Waals surface area contributed by atoms with Gasteiger partial charge in [-0.2, -0.15) is 4.72 Å². The molecule has 1 aliphatic rings. The first-order valence-corrected chi connectivity index (χ1v) is 12.0. The second-order valence-electron chi connectivity index (χ2n) is 6.93. The molecule has 1 aliphatic heterocycles. The van der Waals surface area contributed by atoms with Crippen LogP contribution in [-0.4, -0.2) is 57.3 Å². The average molecular weight is 466 g/mol. The molecule has 0 unspecified atom stereocenters. The fraction of sp³-hybridized carbons (Fsp3) is 0.350. The molecule has 1 aromatic heterocycles. The standard InChI is InChI=1S/C20H23N3O6S2/c24-17(14-29-18(25)13-21-31(27,28)19-7-4-12-30-19)23-10-8-15(9-11-23)20(26)22-16-5-2-1-3-6-16/h1-7,12,15,21H,8-11,13-14H2,(H,22,26). The van der Waals surface area contributed by atoms with Crippen molar-refractivity contribution in [1.82, 2.24) is 9.62 Å². The van der Waals surface area contributed by atoms with Crippen LogP contribution in [0.5, 0.6) is 0 Å². The molecule has 2 heterocycles. The van der Waals surface area contributed by atoms with Crippen LogP contribution >= 0.6 is 11.3 Å². The number of anilines is 1. The number of nitrogens with one attached hydrogen (secondary N) is 2. The first-order chi connectivity index (χ1) is 14.8. The van der Waals surface area contributed by atoms with Crippen LogP contribution in [0.25, 0.3) is 0 Å². The minimum atomic E-state index is -3.77. The molecule has 0 aliphatic carbocycles. The molecule has 3 rings (SSSR count). The Morgan fingerprint density at radius 3 is 2.42 bits per heavy atom. The van der Waals surface area contributed by atoms with Crippen LogP contribution in [-0.2, 0) is 29.1 Å². The number of carbonyl (C=O) groups excluding carboxylic acids is 3. The van der Waals surface area contributed by atoms with Gasteiger partial charge in [0.15, 0.2) is 6.61 Å². The maximum Gasteiger partial charge on any atom is 0.321 e. The minimum absolute atomic E-state index is 0.0808. The normalized spacial score (nSPS) is 14.8. The number of esters is 1. The lowest BCUT2D eigenvalue weighted by Crippen LogP contribution is -2.43. The van der Waals surface area contributed by atoms with Crippen LogP contribution in [0, 0.1) is 5.92 Å². The Morgan fingerprint density at radius 1 is 1.06 bits per heavy atom. The number of amides is 2. The molecule has 0 atom stereocenters. The van der Waals surface area contributed by atoms with E-state index in [-0.39, 0.29) is 21.9 Å². The summed E-state index contributed by atoms with van der Waals surface area (Å²) >= 11 is 1.03. The highest BCUT2D eigenvalue weighted by Gasteiger charge is 2.28. The smallest absolute Gasteiger partial charge is 0.321 e. The second-order valence-corrected chi connectivity index (χ2v) is 9.87. The van der Waals surface area contributed by atoms with E-state index in [1.807, 2.05) is 30.3 Å². The van der Waals surface area contributed by atoms with Crippen molar-refractivity contribution < 1.29 is 27.5 Å². The molecule has 2 N–H and O–H groups in total. The third kappa shape index (κ3) is 6.61. The van der Waals surface area contributed by atoms with E-state index in [9.17, 15) is 22.8 Å². The van der Waals surface area contributed by atoms with Crippen molar-refractivity contribution in [1.29, 1.82) is 0 Å². The summed E-state index contributed by atoms with van der Waals surface area (Å²) < 4.78 is 31.1. The second kappa shape index (κ2) is 10.5. The lowest BCUT2D eigenvalue weighted by atomic mass is 9.95. The SMILES string of the molecule is O=C(CNS(=O)(=O)c1cccs1)OCC(=O)N1CCC(C(=O)Nc2ccccc2)CC1. The van der Waals surface area contributed by atoms with Gasteiger partial charge in [0, 0.05) is 24.7 Å². The monoisotopic (exact) mass is 465 g/mol. The Labute approximate surface area is 184 Å². The maximum atomic E-state index is 12.4. The van der Waals surface area contributed by atoms with E-state index in [1.165, 1.54) is 11.0 Å². The zero-order valence-corrected chi connectivity index (χ0v) is 18.3. The van der Waals surface area contributed by atoms with Gasteiger partial charge < -0.3 is 15.0 Å². The zero-order chi connectivity index (χ0) is 22.3. The van der Waals surface area contributed by atoms with Crippen LogP contribution in [0.15, 0.2) is 52.1 Å². The number of sulfonamides is 1. The van der Waals surface area contributed by atoms with Crippen molar-refractivity contribution in [2.45, 2.75) is 17.1 Å². The lowest BCUT2D eigenvalue weighted by molar-refractivity contribution is -0.151. The molecule has 2 aromatic rings. The summed E-state index contributed by atoms with van der Waals surface area (Å²) in [6, 6.07) is 12.2. The fourth-order valence-corrected chi connectivity index (χ4v) is 5.09. The quantitative estimate of drug-likeness (QED) is 0.569. The number of thiophene rings is 1. The van der Waals surface area contributed by atoms with E-state index >= 15 is 0 Å². The summed E-state index contributed by atoms with van der Waals surface area (Å²) in [6.45, 7) is -0.266. The molecular formula is C20H23N3O6S2. The molecule has 0 saturated carbocycles. The number of carbonyl (C=O) groups is 3. The van der Waals surface area contributed by atoms with Gasteiger partial charge in [0.2, 0.25) is 5.91 Å². The van der Waals surface area contributed by atoms with Gasteiger partial charge in [-0.15, -0.1) is 11.3 Å². The lowest BCUT2D eigenvalue weighted by Gasteiger charge is -2.31. The molecule has 1 aromatic carbocycles. The number of hydrogen-bond donors (Lipinski definition) is 2. The van der Waals surface area contributed by atoms with Gasteiger partial charge in [0.25, 0.3) is 15.9 Å². The van der Waals surface area contributed by atoms with Crippen molar-refractivity contribution in [2.75, 3.05) is 31.6 Å². The highest BCUT2D eigenvalue weighted by molar-refractivity contribution is 7.91. The number of hydrogen-bond acceptors (Lipinski definition) is 7. The van der Waals surface area contributed by atoms with E-state index in [4.69, 9.17) is 4.74 Å². The molecule has 1 fully saturated rings. The first-order valence-electron chi connectivity index (χ1n) is 9.67. The zero-order valence-electron chi connectivity index (χ0n) is 16.7. The Kier molecular flexibility index (Phi) is 7.77. The highest BCUT2D eigenvalue weighted by atomic mass is 32.2. The molecule has 1 saturated heterocycles. The minimum Gasteiger partial charge on any atom is -0.455 e. The van der Waals surface area contributed by atoms with Crippen molar-refractivity contribution in [3.63, 3.8) is 0 Å². The third-order valence-corrected chi connectivity index (χ3v) is 7.58. The summed E-state index contributed by atoms with van der Waals surface area (Å²) in [4.78, 5) is 38.0. The molecule has 31 heavy (non-hydrogen) atoms. The summed E-state index contributed by atoms with van der Waals surface area (Å²) in [5.74, 6) is -1.50. The van der Waals surface area contributed by atoms with Gasteiger partial charge in [-0.25, -0.2) is 8.42 Å². The topological polar surface area (TPSA) is 122 Å².